The topological polar surface area (TPSA) is 66.3 Å². The van der Waals surface area contributed by atoms with Gasteiger partial charge in [-0.2, -0.15) is 0 Å². The molecule has 1 unspecified atom stereocenters. The zero-order valence-corrected chi connectivity index (χ0v) is 19.7. The van der Waals surface area contributed by atoms with Crippen molar-refractivity contribution in [2.75, 3.05) is 38.7 Å². The maximum absolute atomic E-state index is 9.20. The van der Waals surface area contributed by atoms with Gasteiger partial charge in [-0.1, -0.05) is 32.1 Å². The molecule has 31 heavy (non-hydrogen) atoms. The van der Waals surface area contributed by atoms with Crippen molar-refractivity contribution in [2.45, 2.75) is 40.2 Å². The number of benzene rings is 1. The van der Waals surface area contributed by atoms with E-state index in [1.807, 2.05) is 6.08 Å². The van der Waals surface area contributed by atoms with E-state index in [9.17, 15) is 5.26 Å². The van der Waals surface area contributed by atoms with Gasteiger partial charge < -0.3 is 19.8 Å². The van der Waals surface area contributed by atoms with Crippen LogP contribution in [0.5, 0.6) is 0 Å². The molecule has 0 aromatic heterocycles. The molecule has 0 amide bonds. The summed E-state index contributed by atoms with van der Waals surface area (Å²) in [7, 11) is 3.35. The number of hydrogen-bond donors (Lipinski definition) is 2. The molecular weight excluding hydrogens is 390 g/mol. The standard InChI is InChI=1S/C25H37N3O3/c1-7-23(31-29)24(30-6)16-21(9-8-18(2)3)25(26-5)20-10-12-22(13-11-20)28-15-14-27-17-19(28)4/h7,9-13,16,18-19,27,29H,8,14-15,17H2,1-6H3/b21-9-,23-7+,24-16+,26-25?. The van der Waals surface area contributed by atoms with Crippen molar-refractivity contribution in [3.8, 4) is 0 Å². The SMILES string of the molecule is C\C=C(OO)/C(=C\C(=C\CC(C)C)C(=NC)c1ccc(N2CCNCC2C)cc1)OC. The molecule has 0 bridgehead atoms. The van der Waals surface area contributed by atoms with E-state index < -0.39 is 0 Å². The molecule has 1 aromatic rings. The van der Waals surface area contributed by atoms with Crippen LogP contribution in [-0.2, 0) is 9.62 Å². The highest BCUT2D eigenvalue weighted by Gasteiger charge is 2.19. The Morgan fingerprint density at radius 1 is 1.29 bits per heavy atom. The monoisotopic (exact) mass is 427 g/mol. The Labute approximate surface area is 186 Å². The number of piperazine rings is 1. The van der Waals surface area contributed by atoms with E-state index in [-0.39, 0.29) is 5.76 Å². The molecule has 1 aliphatic heterocycles. The highest BCUT2D eigenvalue weighted by Crippen LogP contribution is 2.23. The van der Waals surface area contributed by atoms with Crippen LogP contribution in [0.25, 0.3) is 0 Å². The van der Waals surface area contributed by atoms with Gasteiger partial charge in [0.15, 0.2) is 5.76 Å². The van der Waals surface area contributed by atoms with E-state index in [2.05, 4.69) is 71.2 Å². The first-order chi connectivity index (χ1) is 14.9. The Hall–Kier alpha value is -2.57. The van der Waals surface area contributed by atoms with Gasteiger partial charge in [0.2, 0.25) is 5.76 Å². The van der Waals surface area contributed by atoms with Crippen LogP contribution >= 0.6 is 0 Å². The van der Waals surface area contributed by atoms with Gasteiger partial charge in [-0.15, -0.1) is 0 Å². The fourth-order valence-corrected chi connectivity index (χ4v) is 3.66. The molecule has 170 valence electrons. The van der Waals surface area contributed by atoms with Crippen molar-refractivity contribution < 1.29 is 14.9 Å². The van der Waals surface area contributed by atoms with Gasteiger partial charge in [0.1, 0.15) is 0 Å². The highest BCUT2D eigenvalue weighted by atomic mass is 17.1. The Bertz CT molecular complexity index is 823. The lowest BCUT2D eigenvalue weighted by Gasteiger charge is -2.36. The molecule has 1 aromatic carbocycles. The van der Waals surface area contributed by atoms with E-state index in [1.165, 1.54) is 5.69 Å². The lowest BCUT2D eigenvalue weighted by Crippen LogP contribution is -2.49. The number of nitrogens with one attached hydrogen (secondary N) is 1. The van der Waals surface area contributed by atoms with Crippen LogP contribution < -0.4 is 10.2 Å². The van der Waals surface area contributed by atoms with Gasteiger partial charge in [-0.05, 0) is 50.5 Å². The summed E-state index contributed by atoms with van der Waals surface area (Å²) in [5.41, 5.74) is 4.04. The van der Waals surface area contributed by atoms with Crippen LogP contribution in [0.2, 0.25) is 0 Å². The first-order valence-corrected chi connectivity index (χ1v) is 10.9. The fourth-order valence-electron chi connectivity index (χ4n) is 3.66. The first-order valence-electron chi connectivity index (χ1n) is 10.9. The number of hydrogen-bond acceptors (Lipinski definition) is 6. The average Bonchev–Trinajstić information content (AvgIpc) is 2.78. The minimum atomic E-state index is 0.261. The molecule has 1 atom stereocenters. The van der Waals surface area contributed by atoms with Gasteiger partial charge >= 0.3 is 0 Å². The third-order valence-electron chi connectivity index (χ3n) is 5.39. The largest absolute Gasteiger partial charge is 0.493 e. The molecule has 1 aliphatic rings. The summed E-state index contributed by atoms with van der Waals surface area (Å²) in [6, 6.07) is 9.03. The summed E-state index contributed by atoms with van der Waals surface area (Å²) in [5.74, 6) is 1.20. The van der Waals surface area contributed by atoms with E-state index in [4.69, 9.17) is 4.74 Å². The van der Waals surface area contributed by atoms with Crippen LogP contribution in [0.1, 0.15) is 39.7 Å². The number of allylic oxidation sites excluding steroid dienone is 4. The predicted octanol–water partition coefficient (Wildman–Crippen LogP) is 4.80. The molecule has 1 fully saturated rings. The number of methoxy groups -OCH3 is 1. The van der Waals surface area contributed by atoms with Crippen molar-refractivity contribution in [2.24, 2.45) is 10.9 Å². The minimum absolute atomic E-state index is 0.261. The molecule has 6 heteroatoms. The molecule has 2 N–H and O–H groups in total. The summed E-state index contributed by atoms with van der Waals surface area (Å²) >= 11 is 0. The van der Waals surface area contributed by atoms with Crippen LogP contribution in [0.3, 0.4) is 0 Å². The molecular formula is C25H37N3O3. The third-order valence-corrected chi connectivity index (χ3v) is 5.39. The lowest BCUT2D eigenvalue weighted by molar-refractivity contribution is -0.203. The molecule has 2 rings (SSSR count). The number of ether oxygens (including phenoxy) is 1. The smallest absolute Gasteiger partial charge is 0.202 e. The molecule has 1 heterocycles. The fraction of sp³-hybridized carbons (Fsp3) is 0.480. The summed E-state index contributed by atoms with van der Waals surface area (Å²) in [6.07, 6.45) is 6.57. The van der Waals surface area contributed by atoms with Crippen molar-refractivity contribution in [1.82, 2.24) is 5.32 Å². The quantitative estimate of drug-likeness (QED) is 0.195. The number of aliphatic imine (C=N–C) groups is 1. The van der Waals surface area contributed by atoms with E-state index >= 15 is 0 Å². The maximum atomic E-state index is 9.20. The van der Waals surface area contributed by atoms with Crippen molar-refractivity contribution in [1.29, 1.82) is 0 Å². The predicted molar refractivity (Wildman–Crippen MR) is 129 cm³/mol. The minimum Gasteiger partial charge on any atom is -0.493 e. The molecule has 0 radical (unpaired) electrons. The molecule has 0 aliphatic carbocycles. The summed E-state index contributed by atoms with van der Waals surface area (Å²) in [4.78, 5) is 11.5. The van der Waals surface area contributed by atoms with Crippen LogP contribution in [0.4, 0.5) is 5.69 Å². The van der Waals surface area contributed by atoms with E-state index in [0.29, 0.717) is 17.7 Å². The first kappa shape index (κ1) is 24.7. The number of nitrogens with zero attached hydrogens (tertiary/aromatic N) is 2. The van der Waals surface area contributed by atoms with Crippen molar-refractivity contribution >= 4 is 11.4 Å². The lowest BCUT2D eigenvalue weighted by atomic mass is 9.97. The second-order valence-corrected chi connectivity index (χ2v) is 8.11. The molecule has 6 nitrogen and oxygen atoms in total. The zero-order chi connectivity index (χ0) is 22.8. The van der Waals surface area contributed by atoms with Gasteiger partial charge in [-0.25, -0.2) is 5.26 Å². The zero-order valence-electron chi connectivity index (χ0n) is 19.7. The van der Waals surface area contributed by atoms with E-state index in [1.54, 1.807) is 27.2 Å². The van der Waals surface area contributed by atoms with Crippen LogP contribution in [0.15, 0.2) is 64.6 Å². The highest BCUT2D eigenvalue weighted by molar-refractivity contribution is 6.14. The molecule has 0 saturated carbocycles. The van der Waals surface area contributed by atoms with E-state index in [0.717, 1.165) is 42.9 Å². The molecule has 0 spiro atoms. The second kappa shape index (κ2) is 12.3. The van der Waals surface area contributed by atoms with Gasteiger partial charge in [-0.3, -0.25) is 4.99 Å². The van der Waals surface area contributed by atoms with Crippen molar-refractivity contribution in [3.63, 3.8) is 0 Å². The summed E-state index contributed by atoms with van der Waals surface area (Å²) in [6.45, 7) is 11.4. The third kappa shape index (κ3) is 6.71. The van der Waals surface area contributed by atoms with Crippen LogP contribution in [0, 0.1) is 5.92 Å². The average molecular weight is 428 g/mol. The maximum Gasteiger partial charge on any atom is 0.202 e. The van der Waals surface area contributed by atoms with Gasteiger partial charge in [0, 0.05) is 49.5 Å². The second-order valence-electron chi connectivity index (χ2n) is 8.11. The number of anilines is 1. The Morgan fingerprint density at radius 2 is 2.00 bits per heavy atom. The number of rotatable bonds is 9. The van der Waals surface area contributed by atoms with Gasteiger partial charge in [0.25, 0.3) is 0 Å². The Morgan fingerprint density at radius 3 is 2.52 bits per heavy atom. The van der Waals surface area contributed by atoms with Gasteiger partial charge in [0.05, 0.1) is 12.8 Å². The van der Waals surface area contributed by atoms with Crippen LogP contribution in [-0.4, -0.2) is 50.8 Å². The molecule has 1 saturated heterocycles. The Balaban J connectivity index is 2.40. The summed E-state index contributed by atoms with van der Waals surface area (Å²) < 4.78 is 5.47. The normalized spacial score (nSPS) is 19.1. The Kier molecular flexibility index (Phi) is 9.82. The van der Waals surface area contributed by atoms with Crippen molar-refractivity contribution in [3.05, 3.63) is 65.1 Å². The summed E-state index contributed by atoms with van der Waals surface area (Å²) in [5, 5.41) is 12.6.